The van der Waals surface area contributed by atoms with Crippen LogP contribution in [-0.2, 0) is 13.1 Å². The average Bonchev–Trinajstić information content (AvgIpc) is 2.37. The van der Waals surface area contributed by atoms with Gasteiger partial charge in [-0.1, -0.05) is 29.8 Å². The summed E-state index contributed by atoms with van der Waals surface area (Å²) in [6.45, 7) is 4.63. The van der Waals surface area contributed by atoms with Crippen LogP contribution in [0.5, 0.6) is 0 Å². The fourth-order valence-corrected chi connectivity index (χ4v) is 1.53. The maximum absolute atomic E-state index is 5.56. The van der Waals surface area contributed by atoms with Crippen molar-refractivity contribution in [1.82, 2.24) is 10.6 Å². The number of hydrogen-bond donors (Lipinski definition) is 3. The largest absolute Gasteiger partial charge is 0.387 e. The maximum Gasteiger partial charge on any atom is 0.0395 e. The van der Waals surface area contributed by atoms with Gasteiger partial charge in [0.2, 0.25) is 0 Å². The standard InChI is InChI=1S/C14H23N3/c1-12(7-8-16-2)10-17-11-14-5-3-13(9-15)4-6-14/h3-6,10,16-17H,7-9,11,15H2,1-2H3/b12-10-. The molecule has 0 aliphatic rings. The van der Waals surface area contributed by atoms with Crippen LogP contribution >= 0.6 is 0 Å². The Morgan fingerprint density at radius 3 is 2.47 bits per heavy atom. The molecule has 0 amide bonds. The topological polar surface area (TPSA) is 50.1 Å². The van der Waals surface area contributed by atoms with Gasteiger partial charge in [-0.25, -0.2) is 0 Å². The van der Waals surface area contributed by atoms with Gasteiger partial charge in [0.25, 0.3) is 0 Å². The molecule has 0 fully saturated rings. The molecule has 0 bridgehead atoms. The zero-order valence-corrected chi connectivity index (χ0v) is 10.8. The van der Waals surface area contributed by atoms with Crippen molar-refractivity contribution in [2.24, 2.45) is 5.73 Å². The molecule has 0 aromatic heterocycles. The summed E-state index contributed by atoms with van der Waals surface area (Å²) in [6, 6.07) is 8.39. The number of hydrogen-bond acceptors (Lipinski definition) is 3. The number of benzene rings is 1. The first-order valence-corrected chi connectivity index (χ1v) is 6.07. The molecule has 0 aliphatic heterocycles. The zero-order chi connectivity index (χ0) is 12.5. The molecule has 1 aromatic carbocycles. The SMILES string of the molecule is CNCC/C(C)=C\NCc1ccc(CN)cc1. The van der Waals surface area contributed by atoms with Gasteiger partial charge in [0.05, 0.1) is 0 Å². The van der Waals surface area contributed by atoms with Gasteiger partial charge in [-0.15, -0.1) is 0 Å². The Balaban J connectivity index is 2.34. The van der Waals surface area contributed by atoms with Gasteiger partial charge >= 0.3 is 0 Å². The quantitative estimate of drug-likeness (QED) is 0.672. The van der Waals surface area contributed by atoms with Crippen molar-refractivity contribution in [2.75, 3.05) is 13.6 Å². The smallest absolute Gasteiger partial charge is 0.0395 e. The highest BCUT2D eigenvalue weighted by molar-refractivity contribution is 5.22. The van der Waals surface area contributed by atoms with Crippen molar-refractivity contribution < 1.29 is 0 Å². The molecule has 0 heterocycles. The Labute approximate surface area is 104 Å². The van der Waals surface area contributed by atoms with Gasteiger partial charge in [0, 0.05) is 13.1 Å². The lowest BCUT2D eigenvalue weighted by atomic mass is 10.1. The van der Waals surface area contributed by atoms with Gasteiger partial charge in [0.15, 0.2) is 0 Å². The average molecular weight is 233 g/mol. The molecule has 1 rings (SSSR count). The van der Waals surface area contributed by atoms with Gasteiger partial charge in [-0.2, -0.15) is 0 Å². The fraction of sp³-hybridized carbons (Fsp3) is 0.429. The van der Waals surface area contributed by atoms with Crippen molar-refractivity contribution in [3.63, 3.8) is 0 Å². The fourth-order valence-electron chi connectivity index (χ4n) is 1.53. The number of rotatable bonds is 7. The highest BCUT2D eigenvalue weighted by Gasteiger charge is 1.93. The highest BCUT2D eigenvalue weighted by Crippen LogP contribution is 2.04. The summed E-state index contributed by atoms with van der Waals surface area (Å²) < 4.78 is 0. The van der Waals surface area contributed by atoms with Gasteiger partial charge in [0.1, 0.15) is 0 Å². The summed E-state index contributed by atoms with van der Waals surface area (Å²) in [6.07, 6.45) is 3.17. The Morgan fingerprint density at radius 2 is 1.88 bits per heavy atom. The summed E-state index contributed by atoms with van der Waals surface area (Å²) in [5.41, 5.74) is 9.37. The van der Waals surface area contributed by atoms with E-state index in [-0.39, 0.29) is 0 Å². The first-order chi connectivity index (χ1) is 8.26. The minimum atomic E-state index is 0.608. The third-order valence-electron chi connectivity index (χ3n) is 2.68. The molecular formula is C14H23N3. The molecule has 1 aromatic rings. The van der Waals surface area contributed by atoms with Crippen molar-refractivity contribution in [3.8, 4) is 0 Å². The number of nitrogens with two attached hydrogens (primary N) is 1. The minimum absolute atomic E-state index is 0.608. The van der Waals surface area contributed by atoms with E-state index in [0.717, 1.165) is 19.5 Å². The molecule has 4 N–H and O–H groups in total. The molecule has 3 heteroatoms. The van der Waals surface area contributed by atoms with E-state index in [9.17, 15) is 0 Å². The normalized spacial score (nSPS) is 11.6. The molecule has 0 spiro atoms. The Bertz CT molecular complexity index is 341. The second-order valence-corrected chi connectivity index (χ2v) is 4.25. The highest BCUT2D eigenvalue weighted by atomic mass is 14.8. The van der Waals surface area contributed by atoms with E-state index in [1.54, 1.807) is 0 Å². The van der Waals surface area contributed by atoms with Crippen LogP contribution in [0.2, 0.25) is 0 Å². The Hall–Kier alpha value is -1.32. The predicted molar refractivity (Wildman–Crippen MR) is 73.5 cm³/mol. The van der Waals surface area contributed by atoms with Crippen molar-refractivity contribution in [2.45, 2.75) is 26.4 Å². The molecule has 0 radical (unpaired) electrons. The van der Waals surface area contributed by atoms with Crippen molar-refractivity contribution in [1.29, 1.82) is 0 Å². The third kappa shape index (κ3) is 5.52. The minimum Gasteiger partial charge on any atom is -0.387 e. The maximum atomic E-state index is 5.56. The van der Waals surface area contributed by atoms with E-state index < -0.39 is 0 Å². The summed E-state index contributed by atoms with van der Waals surface area (Å²) in [5.74, 6) is 0. The van der Waals surface area contributed by atoms with Crippen LogP contribution in [-0.4, -0.2) is 13.6 Å². The van der Waals surface area contributed by atoms with Crippen LogP contribution in [0.4, 0.5) is 0 Å². The number of nitrogens with one attached hydrogen (secondary N) is 2. The molecule has 0 unspecified atom stereocenters. The molecule has 0 aliphatic carbocycles. The Kier molecular flexibility index (Phi) is 6.37. The van der Waals surface area contributed by atoms with E-state index in [0.29, 0.717) is 6.54 Å². The van der Waals surface area contributed by atoms with E-state index in [1.165, 1.54) is 16.7 Å². The second-order valence-electron chi connectivity index (χ2n) is 4.25. The summed E-state index contributed by atoms with van der Waals surface area (Å²) in [4.78, 5) is 0. The summed E-state index contributed by atoms with van der Waals surface area (Å²) in [7, 11) is 1.97. The van der Waals surface area contributed by atoms with Crippen LogP contribution in [0.15, 0.2) is 36.0 Å². The molecule has 0 saturated heterocycles. The third-order valence-corrected chi connectivity index (χ3v) is 2.68. The molecule has 17 heavy (non-hydrogen) atoms. The van der Waals surface area contributed by atoms with Crippen molar-refractivity contribution >= 4 is 0 Å². The molecule has 3 nitrogen and oxygen atoms in total. The van der Waals surface area contributed by atoms with E-state index in [1.807, 2.05) is 7.05 Å². The van der Waals surface area contributed by atoms with Crippen molar-refractivity contribution in [3.05, 3.63) is 47.2 Å². The lowest BCUT2D eigenvalue weighted by molar-refractivity contribution is 0.770. The van der Waals surface area contributed by atoms with Gasteiger partial charge in [-0.3, -0.25) is 0 Å². The van der Waals surface area contributed by atoms with Gasteiger partial charge in [-0.05, 0) is 44.3 Å². The lowest BCUT2D eigenvalue weighted by Crippen LogP contribution is -2.10. The van der Waals surface area contributed by atoms with Crippen LogP contribution < -0.4 is 16.4 Å². The van der Waals surface area contributed by atoms with E-state index >= 15 is 0 Å². The predicted octanol–water partition coefficient (Wildman–Crippen LogP) is 1.75. The first kappa shape index (κ1) is 13.7. The molecule has 94 valence electrons. The monoisotopic (exact) mass is 233 g/mol. The van der Waals surface area contributed by atoms with Crippen LogP contribution in [0.1, 0.15) is 24.5 Å². The molecule has 0 atom stereocenters. The summed E-state index contributed by atoms with van der Waals surface area (Å²) >= 11 is 0. The second kappa shape index (κ2) is 7.87. The lowest BCUT2D eigenvalue weighted by Gasteiger charge is -2.05. The van der Waals surface area contributed by atoms with Gasteiger partial charge < -0.3 is 16.4 Å². The molecular weight excluding hydrogens is 210 g/mol. The Morgan fingerprint density at radius 1 is 1.24 bits per heavy atom. The van der Waals surface area contributed by atoms with Crippen LogP contribution in [0.3, 0.4) is 0 Å². The van der Waals surface area contributed by atoms with E-state index in [4.69, 9.17) is 5.73 Å². The first-order valence-electron chi connectivity index (χ1n) is 6.07. The zero-order valence-electron chi connectivity index (χ0n) is 10.8. The summed E-state index contributed by atoms with van der Waals surface area (Å²) in [5, 5.41) is 6.47. The van der Waals surface area contributed by atoms with Crippen LogP contribution in [0.25, 0.3) is 0 Å². The molecule has 0 saturated carbocycles. The van der Waals surface area contributed by atoms with E-state index in [2.05, 4.69) is 48.0 Å². The van der Waals surface area contributed by atoms with Crippen LogP contribution in [0, 0.1) is 0 Å².